The fraction of sp³-hybridized carbons (Fsp3) is 0.156. The molecular formula is C45H35Cl2F6N13O7S. The molecule has 0 aliphatic heterocycles. The van der Waals surface area contributed by atoms with Crippen molar-refractivity contribution >= 4 is 68.4 Å². The van der Waals surface area contributed by atoms with Crippen molar-refractivity contribution in [2.24, 2.45) is 0 Å². The van der Waals surface area contributed by atoms with Crippen LogP contribution in [0.1, 0.15) is 43.2 Å². The third kappa shape index (κ3) is 13.0. The summed E-state index contributed by atoms with van der Waals surface area (Å²) in [5.41, 5.74) is 0.724. The van der Waals surface area contributed by atoms with Gasteiger partial charge in [-0.2, -0.15) is 46.5 Å². The fourth-order valence-corrected chi connectivity index (χ4v) is 7.77. The molecule has 0 atom stereocenters. The Hall–Kier alpha value is -8.43. The van der Waals surface area contributed by atoms with Crippen LogP contribution < -0.4 is 24.8 Å². The van der Waals surface area contributed by atoms with Gasteiger partial charge in [0.05, 0.1) is 20.5 Å². The van der Waals surface area contributed by atoms with Gasteiger partial charge in [0.15, 0.2) is 23.0 Å². The quantitative estimate of drug-likeness (QED) is 0.0784. The van der Waals surface area contributed by atoms with Crippen molar-refractivity contribution in [3.63, 3.8) is 0 Å². The average molecular weight is 1090 g/mol. The standard InChI is InChI=1S/C23H19ClF3N7O4S.C22H16ClF3N6O3/c1-12-6-14(24)9-15(7-12)30-22-29-11-17(19(31-22)34-5-4-18(32-34)23(25,26)27)13-8-16(21(38-2)28-10-13)20(35)33-39(3,36)37;1-11-5-13(23)8-14(6-11)29-21-28-10-16(12-7-15(20(33)34)19(35-2)27-9-12)18(30-21)32-4-3-17(31-32)22(24,25)26/h4-11H,1-3H3,(H,33,35)(H,29,30,31);3-10H,1-2H3,(H,33,34)(H,28,29,30). The van der Waals surface area contributed by atoms with Crippen LogP contribution in [0.15, 0.2) is 97.8 Å². The number of carboxylic acid groups (broad SMARTS) is 1. The zero-order chi connectivity index (χ0) is 53.9. The highest BCUT2D eigenvalue weighted by Gasteiger charge is 2.35. The molecule has 384 valence electrons. The molecule has 8 rings (SSSR count). The molecule has 0 saturated carbocycles. The highest BCUT2D eigenvalue weighted by molar-refractivity contribution is 7.89. The summed E-state index contributed by atoms with van der Waals surface area (Å²) in [6, 6.07) is 14.4. The highest BCUT2D eigenvalue weighted by atomic mass is 35.5. The number of carbonyl (C=O) groups is 2. The lowest BCUT2D eigenvalue weighted by Gasteiger charge is -2.14. The van der Waals surface area contributed by atoms with Gasteiger partial charge in [0.2, 0.25) is 33.7 Å². The first-order valence-electron chi connectivity index (χ1n) is 20.7. The average Bonchev–Trinajstić information content (AvgIpc) is 4.03. The molecule has 2 aromatic carbocycles. The van der Waals surface area contributed by atoms with E-state index in [0.29, 0.717) is 21.4 Å². The lowest BCUT2D eigenvalue weighted by Crippen LogP contribution is -2.29. The number of alkyl halides is 6. The van der Waals surface area contributed by atoms with E-state index in [4.69, 9.17) is 32.7 Å². The number of pyridine rings is 2. The molecule has 20 nitrogen and oxygen atoms in total. The van der Waals surface area contributed by atoms with E-state index in [2.05, 4.69) is 50.7 Å². The Labute approximate surface area is 424 Å². The number of nitrogens with zero attached hydrogens (tertiary/aromatic N) is 10. The molecule has 8 aromatic rings. The van der Waals surface area contributed by atoms with Gasteiger partial charge < -0.3 is 25.2 Å². The second-order valence-corrected chi connectivity index (χ2v) is 18.1. The summed E-state index contributed by atoms with van der Waals surface area (Å²) in [5, 5.41) is 23.5. The minimum absolute atomic E-state index is 0.0102. The number of carboxylic acids is 1. The molecule has 0 bridgehead atoms. The van der Waals surface area contributed by atoms with Crippen molar-refractivity contribution in [2.75, 3.05) is 31.1 Å². The number of nitrogens with one attached hydrogen (secondary N) is 3. The Morgan fingerprint density at radius 2 is 1.05 bits per heavy atom. The van der Waals surface area contributed by atoms with Crippen molar-refractivity contribution in [3.05, 3.63) is 142 Å². The number of aryl methyl sites for hydroxylation is 2. The van der Waals surface area contributed by atoms with Crippen LogP contribution >= 0.6 is 23.2 Å². The molecule has 0 radical (unpaired) electrons. The first-order chi connectivity index (χ1) is 34.8. The van der Waals surface area contributed by atoms with Crippen LogP contribution in [0.25, 0.3) is 33.9 Å². The monoisotopic (exact) mass is 1090 g/mol. The topological polar surface area (TPSA) is 256 Å². The first-order valence-corrected chi connectivity index (χ1v) is 23.4. The van der Waals surface area contributed by atoms with Gasteiger partial charge in [-0.3, -0.25) is 4.79 Å². The number of anilines is 4. The smallest absolute Gasteiger partial charge is 0.435 e. The molecule has 6 heterocycles. The number of aromatic nitrogens is 10. The molecular weight excluding hydrogens is 1050 g/mol. The summed E-state index contributed by atoms with van der Waals surface area (Å²) in [6.07, 6.45) is -1.25. The van der Waals surface area contributed by atoms with E-state index >= 15 is 0 Å². The van der Waals surface area contributed by atoms with Gasteiger partial charge in [-0.05, 0) is 85.6 Å². The summed E-state index contributed by atoms with van der Waals surface area (Å²) in [4.78, 5) is 49.4. The molecule has 4 N–H and O–H groups in total. The van der Waals surface area contributed by atoms with Crippen molar-refractivity contribution in [3.8, 4) is 45.6 Å². The summed E-state index contributed by atoms with van der Waals surface area (Å²) >= 11 is 12.2. The number of hydrogen-bond acceptors (Lipinski definition) is 16. The third-order valence-electron chi connectivity index (χ3n) is 9.79. The number of hydrogen-bond donors (Lipinski definition) is 4. The predicted molar refractivity (Wildman–Crippen MR) is 256 cm³/mol. The molecule has 6 aromatic heterocycles. The zero-order valence-corrected chi connectivity index (χ0v) is 40.9. The van der Waals surface area contributed by atoms with Crippen molar-refractivity contribution in [1.29, 1.82) is 0 Å². The molecule has 29 heteroatoms. The Morgan fingerprint density at radius 3 is 1.42 bits per heavy atom. The molecule has 0 spiro atoms. The Morgan fingerprint density at radius 1 is 0.635 bits per heavy atom. The summed E-state index contributed by atoms with van der Waals surface area (Å²) < 4.78 is 116. The second kappa shape index (κ2) is 21.3. The van der Waals surface area contributed by atoms with Crippen LogP contribution in [-0.4, -0.2) is 95.3 Å². The second-order valence-electron chi connectivity index (χ2n) is 15.5. The molecule has 0 unspecified atom stereocenters. The maximum absolute atomic E-state index is 13.3. The lowest BCUT2D eigenvalue weighted by molar-refractivity contribution is -0.142. The highest BCUT2D eigenvalue weighted by Crippen LogP contribution is 2.35. The van der Waals surface area contributed by atoms with Crippen molar-refractivity contribution in [2.45, 2.75) is 26.2 Å². The van der Waals surface area contributed by atoms with E-state index in [-0.39, 0.29) is 68.7 Å². The summed E-state index contributed by atoms with van der Waals surface area (Å²) in [6.45, 7) is 3.66. The number of aromatic carboxylic acids is 1. The van der Waals surface area contributed by atoms with Gasteiger partial charge in [0.1, 0.15) is 11.1 Å². The number of ether oxygens (including phenoxy) is 2. The molecule has 0 aliphatic rings. The minimum atomic E-state index is -4.71. The van der Waals surface area contributed by atoms with E-state index in [1.165, 1.54) is 51.1 Å². The molecule has 74 heavy (non-hydrogen) atoms. The number of carbonyl (C=O) groups excluding carboxylic acids is 1. The van der Waals surface area contributed by atoms with Gasteiger partial charge in [-0.15, -0.1) is 0 Å². The number of benzene rings is 2. The number of sulfonamides is 1. The van der Waals surface area contributed by atoms with Crippen LogP contribution in [0.4, 0.5) is 49.6 Å². The summed E-state index contributed by atoms with van der Waals surface area (Å²) in [5.74, 6) is -2.72. The Bertz CT molecular complexity index is 3520. The zero-order valence-electron chi connectivity index (χ0n) is 38.5. The largest absolute Gasteiger partial charge is 0.480 e. The Balaban J connectivity index is 0.000000217. The SMILES string of the molecule is COc1ncc(-c2cnc(Nc3cc(C)cc(Cl)c3)nc2-n2ccc(C(F)(F)F)n2)cc1C(=O)NS(C)(=O)=O.COc1ncc(-c2cnc(Nc3cc(C)cc(Cl)c3)nc2-n2ccc(C(F)(F)F)n2)cc1C(=O)O. The minimum Gasteiger partial charge on any atom is -0.480 e. The van der Waals surface area contributed by atoms with Gasteiger partial charge in [0.25, 0.3) is 5.91 Å². The maximum atomic E-state index is 13.3. The molecule has 1 amide bonds. The number of halogens is 8. The van der Waals surface area contributed by atoms with E-state index in [9.17, 15) is 49.5 Å². The normalized spacial score (nSPS) is 11.6. The van der Waals surface area contributed by atoms with Crippen LogP contribution in [0, 0.1) is 13.8 Å². The van der Waals surface area contributed by atoms with Crippen LogP contribution in [-0.2, 0) is 22.4 Å². The van der Waals surface area contributed by atoms with E-state index in [0.717, 1.165) is 51.3 Å². The number of methoxy groups -OCH3 is 2. The number of rotatable bonds is 13. The third-order valence-corrected chi connectivity index (χ3v) is 10.8. The van der Waals surface area contributed by atoms with Gasteiger partial charge in [-0.1, -0.05) is 23.2 Å². The maximum Gasteiger partial charge on any atom is 0.435 e. The van der Waals surface area contributed by atoms with E-state index in [1.807, 2.05) is 18.6 Å². The summed E-state index contributed by atoms with van der Waals surface area (Å²) in [7, 11) is -1.43. The predicted octanol–water partition coefficient (Wildman–Crippen LogP) is 9.30. The number of amides is 1. The van der Waals surface area contributed by atoms with Crippen LogP contribution in [0.5, 0.6) is 11.8 Å². The Kier molecular flexibility index (Phi) is 15.4. The molecule has 0 fully saturated rings. The lowest BCUT2D eigenvalue weighted by atomic mass is 10.1. The van der Waals surface area contributed by atoms with Crippen LogP contribution in [0.2, 0.25) is 10.0 Å². The van der Waals surface area contributed by atoms with Crippen molar-refractivity contribution < 1.29 is 58.9 Å². The van der Waals surface area contributed by atoms with Gasteiger partial charge in [0, 0.05) is 80.9 Å². The first kappa shape index (κ1) is 53.4. The van der Waals surface area contributed by atoms with Gasteiger partial charge >= 0.3 is 18.3 Å². The van der Waals surface area contributed by atoms with Crippen LogP contribution in [0.3, 0.4) is 0 Å². The van der Waals surface area contributed by atoms with Gasteiger partial charge in [-0.25, -0.2) is 47.2 Å². The molecule has 0 aliphatic carbocycles. The van der Waals surface area contributed by atoms with E-state index in [1.54, 1.807) is 36.4 Å². The fourth-order valence-electron chi connectivity index (χ4n) is 6.75. The van der Waals surface area contributed by atoms with E-state index < -0.39 is 45.6 Å². The van der Waals surface area contributed by atoms with Crippen molar-refractivity contribution in [1.82, 2.24) is 54.2 Å². The molecule has 0 saturated heterocycles.